The van der Waals surface area contributed by atoms with Crippen LogP contribution in [0.2, 0.25) is 0 Å². The van der Waals surface area contributed by atoms with E-state index in [1.165, 1.54) is 0 Å². The average molecular weight is 411 g/mol. The Balaban J connectivity index is 1.51. The summed E-state index contributed by atoms with van der Waals surface area (Å²) in [6.45, 7) is 3.91. The maximum absolute atomic E-state index is 5.59. The molecule has 5 aromatic rings. The molecule has 0 saturated heterocycles. The van der Waals surface area contributed by atoms with Crippen LogP contribution in [-0.4, -0.2) is 36.2 Å². The number of benzene rings is 2. The smallest absolute Gasteiger partial charge is 0.254 e. The number of aromatic nitrogens is 6. The maximum Gasteiger partial charge on any atom is 0.254 e. The lowest BCUT2D eigenvalue weighted by Crippen LogP contribution is -1.99. The van der Waals surface area contributed by atoms with Gasteiger partial charge in [0, 0.05) is 29.2 Å². The number of aryl methyl sites for hydroxylation is 2. The van der Waals surface area contributed by atoms with E-state index in [-0.39, 0.29) is 0 Å². The summed E-state index contributed by atoms with van der Waals surface area (Å²) in [4.78, 5) is 13.4. The molecule has 0 atom stereocenters. The van der Waals surface area contributed by atoms with Crippen molar-refractivity contribution in [2.24, 2.45) is 0 Å². The predicted octanol–water partition coefficient (Wildman–Crippen LogP) is 4.35. The lowest BCUT2D eigenvalue weighted by Gasteiger charge is -2.11. The monoisotopic (exact) mass is 411 g/mol. The van der Waals surface area contributed by atoms with Gasteiger partial charge in [0.05, 0.1) is 30.5 Å². The summed E-state index contributed by atoms with van der Waals surface area (Å²) in [5.74, 6) is 1.72. The average Bonchev–Trinajstić information content (AvgIpc) is 3.39. The van der Waals surface area contributed by atoms with E-state index < -0.39 is 0 Å². The summed E-state index contributed by atoms with van der Waals surface area (Å²) in [5.41, 5.74) is 5.52. The zero-order chi connectivity index (χ0) is 21.4. The van der Waals surface area contributed by atoms with Crippen molar-refractivity contribution >= 4 is 17.4 Å². The van der Waals surface area contributed by atoms with Gasteiger partial charge in [0.15, 0.2) is 0 Å². The normalized spacial score (nSPS) is 11.1. The van der Waals surface area contributed by atoms with E-state index in [4.69, 9.17) is 4.74 Å². The standard InChI is InChI=1S/C23H21N7O/c1-15-11-20(17-7-5-4-6-8-17)30-23(25-15)27-22(28-30)26-18-9-10-19(21(12-18)31-3)29-13-16(2)24-14-29/h4-14H,1-3H3,(H,26,28). The van der Waals surface area contributed by atoms with E-state index in [1.807, 2.05) is 79.2 Å². The first-order chi connectivity index (χ1) is 15.1. The lowest BCUT2D eigenvalue weighted by molar-refractivity contribution is 0.413. The third-order valence-electron chi connectivity index (χ3n) is 4.94. The number of methoxy groups -OCH3 is 1. The van der Waals surface area contributed by atoms with Crippen LogP contribution in [0.1, 0.15) is 11.4 Å². The van der Waals surface area contributed by atoms with E-state index in [0.29, 0.717) is 17.5 Å². The molecule has 8 nitrogen and oxygen atoms in total. The molecule has 0 aliphatic heterocycles. The van der Waals surface area contributed by atoms with Gasteiger partial charge in [0.2, 0.25) is 5.95 Å². The van der Waals surface area contributed by atoms with Gasteiger partial charge in [-0.05, 0) is 32.0 Å². The van der Waals surface area contributed by atoms with E-state index in [2.05, 4.69) is 25.4 Å². The van der Waals surface area contributed by atoms with Gasteiger partial charge >= 0.3 is 0 Å². The molecule has 154 valence electrons. The molecule has 0 aliphatic rings. The van der Waals surface area contributed by atoms with Crippen LogP contribution in [-0.2, 0) is 0 Å². The minimum absolute atomic E-state index is 0.462. The number of anilines is 2. The number of nitrogens with zero attached hydrogens (tertiary/aromatic N) is 6. The summed E-state index contributed by atoms with van der Waals surface area (Å²) in [6.07, 6.45) is 3.72. The highest BCUT2D eigenvalue weighted by molar-refractivity contribution is 5.65. The van der Waals surface area contributed by atoms with Crippen LogP contribution >= 0.6 is 0 Å². The van der Waals surface area contributed by atoms with Gasteiger partial charge in [0.1, 0.15) is 5.75 Å². The van der Waals surface area contributed by atoms with Crippen LogP contribution < -0.4 is 10.1 Å². The Kier molecular flexibility index (Phi) is 4.59. The lowest BCUT2D eigenvalue weighted by atomic mass is 10.1. The van der Waals surface area contributed by atoms with Crippen molar-refractivity contribution in [3.8, 4) is 22.7 Å². The topological polar surface area (TPSA) is 82.2 Å². The summed E-state index contributed by atoms with van der Waals surface area (Å²) < 4.78 is 9.28. The second-order valence-electron chi connectivity index (χ2n) is 7.23. The SMILES string of the molecule is COc1cc(Nc2nc3nc(C)cc(-c4ccccc4)n3n2)ccc1-n1cnc(C)c1. The zero-order valence-electron chi connectivity index (χ0n) is 17.4. The molecule has 0 bridgehead atoms. The molecule has 0 fully saturated rings. The molecule has 2 aromatic carbocycles. The zero-order valence-corrected chi connectivity index (χ0v) is 17.4. The Morgan fingerprint density at radius 2 is 1.77 bits per heavy atom. The van der Waals surface area contributed by atoms with Gasteiger partial charge in [-0.25, -0.2) is 9.97 Å². The quantitative estimate of drug-likeness (QED) is 0.463. The van der Waals surface area contributed by atoms with Gasteiger partial charge in [-0.3, -0.25) is 0 Å². The Morgan fingerprint density at radius 1 is 0.935 bits per heavy atom. The summed E-state index contributed by atoms with van der Waals surface area (Å²) >= 11 is 0. The van der Waals surface area contributed by atoms with Crippen molar-refractivity contribution in [1.29, 1.82) is 0 Å². The predicted molar refractivity (Wildman–Crippen MR) is 119 cm³/mol. The fourth-order valence-electron chi connectivity index (χ4n) is 3.51. The Labute approximate surface area is 179 Å². The Morgan fingerprint density at radius 3 is 2.52 bits per heavy atom. The largest absolute Gasteiger partial charge is 0.494 e. The van der Waals surface area contributed by atoms with Crippen molar-refractivity contribution in [1.82, 2.24) is 29.1 Å². The molecule has 0 saturated carbocycles. The Hall–Kier alpha value is -4.20. The second-order valence-corrected chi connectivity index (χ2v) is 7.23. The first kappa shape index (κ1) is 18.8. The molecule has 0 amide bonds. The number of nitrogens with one attached hydrogen (secondary N) is 1. The van der Waals surface area contributed by atoms with E-state index >= 15 is 0 Å². The molecule has 0 unspecified atom stereocenters. The van der Waals surface area contributed by atoms with Crippen LogP contribution in [0, 0.1) is 13.8 Å². The van der Waals surface area contributed by atoms with Gasteiger partial charge in [-0.2, -0.15) is 9.50 Å². The van der Waals surface area contributed by atoms with Gasteiger partial charge < -0.3 is 14.6 Å². The van der Waals surface area contributed by atoms with Gasteiger partial charge in [-0.15, -0.1) is 5.10 Å². The van der Waals surface area contributed by atoms with Crippen LogP contribution in [0.25, 0.3) is 22.7 Å². The van der Waals surface area contributed by atoms with Gasteiger partial charge in [0.25, 0.3) is 5.78 Å². The molecule has 5 rings (SSSR count). The first-order valence-electron chi connectivity index (χ1n) is 9.86. The van der Waals surface area contributed by atoms with E-state index in [1.54, 1.807) is 18.0 Å². The molecular weight excluding hydrogens is 390 g/mol. The number of hydrogen-bond donors (Lipinski definition) is 1. The van der Waals surface area contributed by atoms with Crippen molar-refractivity contribution in [2.75, 3.05) is 12.4 Å². The molecule has 31 heavy (non-hydrogen) atoms. The fourth-order valence-corrected chi connectivity index (χ4v) is 3.51. The first-order valence-corrected chi connectivity index (χ1v) is 9.86. The van der Waals surface area contributed by atoms with Crippen molar-refractivity contribution in [3.05, 3.63) is 78.5 Å². The molecule has 0 aliphatic carbocycles. The molecule has 8 heteroatoms. The van der Waals surface area contributed by atoms with Crippen LogP contribution in [0.4, 0.5) is 11.6 Å². The third kappa shape index (κ3) is 3.59. The number of hydrogen-bond acceptors (Lipinski definition) is 6. The molecule has 0 radical (unpaired) electrons. The number of fused-ring (bicyclic) bond motifs is 1. The third-order valence-corrected chi connectivity index (χ3v) is 4.94. The highest BCUT2D eigenvalue weighted by Gasteiger charge is 2.13. The fraction of sp³-hybridized carbons (Fsp3) is 0.130. The molecule has 3 heterocycles. The molecule has 3 aromatic heterocycles. The summed E-state index contributed by atoms with van der Waals surface area (Å²) in [5, 5.41) is 7.90. The van der Waals surface area contributed by atoms with E-state index in [0.717, 1.165) is 34.0 Å². The minimum atomic E-state index is 0.462. The van der Waals surface area contributed by atoms with Crippen molar-refractivity contribution in [2.45, 2.75) is 13.8 Å². The highest BCUT2D eigenvalue weighted by atomic mass is 16.5. The number of rotatable bonds is 5. The number of imidazole rings is 1. The van der Waals surface area contributed by atoms with Crippen LogP contribution in [0.15, 0.2) is 67.1 Å². The summed E-state index contributed by atoms with van der Waals surface area (Å²) in [6, 6.07) is 17.9. The van der Waals surface area contributed by atoms with Crippen molar-refractivity contribution in [3.63, 3.8) is 0 Å². The molecule has 1 N–H and O–H groups in total. The van der Waals surface area contributed by atoms with Crippen LogP contribution in [0.3, 0.4) is 0 Å². The minimum Gasteiger partial charge on any atom is -0.494 e. The maximum atomic E-state index is 5.59. The summed E-state index contributed by atoms with van der Waals surface area (Å²) in [7, 11) is 1.65. The highest BCUT2D eigenvalue weighted by Crippen LogP contribution is 2.28. The van der Waals surface area contributed by atoms with Crippen LogP contribution in [0.5, 0.6) is 5.75 Å². The molecule has 0 spiro atoms. The van der Waals surface area contributed by atoms with Crippen molar-refractivity contribution < 1.29 is 4.74 Å². The molecular formula is C23H21N7O. The Bertz CT molecular complexity index is 1370. The van der Waals surface area contributed by atoms with E-state index in [9.17, 15) is 0 Å². The number of ether oxygens (including phenoxy) is 1. The second kappa shape index (κ2) is 7.56. The van der Waals surface area contributed by atoms with Gasteiger partial charge in [-0.1, -0.05) is 30.3 Å².